The number of rotatable bonds is 3. The number of aromatic nitrogens is 3. The molecule has 0 radical (unpaired) electrons. The van der Waals surface area contributed by atoms with E-state index in [4.69, 9.17) is 0 Å². The van der Waals surface area contributed by atoms with Crippen molar-refractivity contribution in [1.29, 1.82) is 0 Å². The minimum atomic E-state index is -1.11. The molecule has 3 aromatic rings. The number of anilines is 1. The van der Waals surface area contributed by atoms with Gasteiger partial charge in [-0.25, -0.2) is 19.3 Å². The first-order chi connectivity index (χ1) is 13.1. The molecule has 4 rings (SSSR count). The molecule has 0 atom stereocenters. The van der Waals surface area contributed by atoms with Gasteiger partial charge in [-0.15, -0.1) is 0 Å². The molecule has 1 fully saturated rings. The van der Waals surface area contributed by atoms with E-state index >= 15 is 0 Å². The van der Waals surface area contributed by atoms with E-state index in [2.05, 4.69) is 14.9 Å². The van der Waals surface area contributed by atoms with Crippen molar-refractivity contribution >= 4 is 22.9 Å². The number of benzene rings is 1. The summed E-state index contributed by atoms with van der Waals surface area (Å²) in [5, 5.41) is 29.1. The third-order valence-corrected chi connectivity index (χ3v) is 5.07. The van der Waals surface area contributed by atoms with Crippen molar-refractivity contribution in [3.8, 4) is 17.0 Å². The number of fused-ring (bicyclic) bond motifs is 1. The Balaban J connectivity index is 1.66. The van der Waals surface area contributed by atoms with Gasteiger partial charge in [0.2, 0.25) is 5.95 Å². The van der Waals surface area contributed by atoms with Gasteiger partial charge in [0, 0.05) is 43.0 Å². The van der Waals surface area contributed by atoms with Gasteiger partial charge in [-0.05, 0) is 43.0 Å². The van der Waals surface area contributed by atoms with Gasteiger partial charge in [0.25, 0.3) is 0 Å². The molecule has 8 heteroatoms. The first-order valence-corrected chi connectivity index (χ1v) is 8.83. The monoisotopic (exact) mass is 368 g/mol. The average Bonchev–Trinajstić information content (AvgIpc) is 3.07. The van der Waals surface area contributed by atoms with Crippen LogP contribution in [0.25, 0.3) is 22.2 Å². The Morgan fingerprint density at radius 3 is 2.48 bits per heavy atom. The summed E-state index contributed by atoms with van der Waals surface area (Å²) < 4.78 is 1.17. The summed E-state index contributed by atoms with van der Waals surface area (Å²) in [6.45, 7) is 1.79. The number of hydrogen-bond acceptors (Lipinski definition) is 6. The maximum Gasteiger partial charge on any atom is 0.416 e. The van der Waals surface area contributed by atoms with Crippen molar-refractivity contribution in [1.82, 2.24) is 14.5 Å². The Bertz CT molecular complexity index is 975. The number of aliphatic hydroxyl groups excluding tert-OH is 1. The van der Waals surface area contributed by atoms with E-state index < -0.39 is 6.09 Å². The lowest BCUT2D eigenvalue weighted by atomic mass is 9.98. The van der Waals surface area contributed by atoms with Gasteiger partial charge >= 0.3 is 6.09 Å². The molecular formula is C19H20N4O4. The molecule has 1 aliphatic heterocycles. The van der Waals surface area contributed by atoms with Gasteiger partial charge in [0.05, 0.1) is 11.2 Å². The number of carbonyl (C=O) groups is 1. The molecule has 3 N–H and O–H groups in total. The fourth-order valence-electron chi connectivity index (χ4n) is 3.55. The summed E-state index contributed by atoms with van der Waals surface area (Å²) in [7, 11) is 0. The summed E-state index contributed by atoms with van der Waals surface area (Å²) in [5.41, 5.74) is 1.53. The molecule has 0 bridgehead atoms. The fraction of sp³-hybridized carbons (Fsp3) is 0.316. The summed E-state index contributed by atoms with van der Waals surface area (Å²) in [6, 6.07) is 6.26. The van der Waals surface area contributed by atoms with Gasteiger partial charge in [0.1, 0.15) is 5.75 Å². The number of carboxylic acid groups (broad SMARTS) is 1. The van der Waals surface area contributed by atoms with Crippen LogP contribution in [0.3, 0.4) is 0 Å². The molecule has 140 valence electrons. The predicted octanol–water partition coefficient (Wildman–Crippen LogP) is 2.54. The van der Waals surface area contributed by atoms with Crippen molar-refractivity contribution in [2.24, 2.45) is 5.92 Å². The highest BCUT2D eigenvalue weighted by Gasteiger charge is 2.21. The molecule has 2 aromatic heterocycles. The van der Waals surface area contributed by atoms with Gasteiger partial charge in [0.15, 0.2) is 0 Å². The Morgan fingerprint density at radius 1 is 1.15 bits per heavy atom. The zero-order valence-electron chi connectivity index (χ0n) is 14.6. The first kappa shape index (κ1) is 17.3. The van der Waals surface area contributed by atoms with Crippen molar-refractivity contribution in [3.63, 3.8) is 0 Å². The van der Waals surface area contributed by atoms with Gasteiger partial charge in [-0.1, -0.05) is 0 Å². The highest BCUT2D eigenvalue weighted by atomic mass is 16.4. The van der Waals surface area contributed by atoms with Crippen LogP contribution in [0.4, 0.5) is 10.7 Å². The second kappa shape index (κ2) is 6.88. The molecule has 1 aromatic carbocycles. The van der Waals surface area contributed by atoms with Gasteiger partial charge < -0.3 is 20.2 Å². The van der Waals surface area contributed by atoms with E-state index in [9.17, 15) is 20.1 Å². The van der Waals surface area contributed by atoms with Crippen LogP contribution < -0.4 is 4.90 Å². The molecule has 0 saturated carbocycles. The first-order valence-electron chi connectivity index (χ1n) is 8.83. The van der Waals surface area contributed by atoms with Crippen LogP contribution in [-0.2, 0) is 0 Å². The summed E-state index contributed by atoms with van der Waals surface area (Å²) in [6.07, 6.45) is 3.93. The van der Waals surface area contributed by atoms with Gasteiger partial charge in [-0.2, -0.15) is 0 Å². The van der Waals surface area contributed by atoms with Crippen molar-refractivity contribution in [3.05, 3.63) is 36.7 Å². The van der Waals surface area contributed by atoms with E-state index in [0.29, 0.717) is 34.0 Å². The van der Waals surface area contributed by atoms with Gasteiger partial charge in [-0.3, -0.25) is 0 Å². The van der Waals surface area contributed by atoms with Crippen LogP contribution in [0, 0.1) is 5.92 Å². The fourth-order valence-corrected chi connectivity index (χ4v) is 3.55. The number of aliphatic hydroxyl groups is 1. The quantitative estimate of drug-likeness (QED) is 0.651. The largest absolute Gasteiger partial charge is 0.508 e. The molecule has 0 aliphatic carbocycles. The third kappa shape index (κ3) is 3.19. The van der Waals surface area contributed by atoms with Crippen LogP contribution in [0.5, 0.6) is 5.75 Å². The standard InChI is InChI=1S/C19H20N4O4/c24-11-12-3-5-22(6-4-12)18-20-9-14(10-21-18)17-8-13-7-15(25)1-2-16(13)23(17)19(26)27/h1-2,7-10,12,24-25H,3-6,11H2,(H,26,27). The molecule has 8 nitrogen and oxygen atoms in total. The smallest absolute Gasteiger partial charge is 0.416 e. The average molecular weight is 368 g/mol. The molecule has 1 saturated heterocycles. The second-order valence-corrected chi connectivity index (χ2v) is 6.78. The molecule has 3 heterocycles. The number of phenolic OH excluding ortho intramolecular Hbond substituents is 1. The molecular weight excluding hydrogens is 348 g/mol. The second-order valence-electron chi connectivity index (χ2n) is 6.78. The minimum absolute atomic E-state index is 0.0782. The number of aromatic hydroxyl groups is 1. The summed E-state index contributed by atoms with van der Waals surface area (Å²) >= 11 is 0. The third-order valence-electron chi connectivity index (χ3n) is 5.07. The predicted molar refractivity (Wildman–Crippen MR) is 100 cm³/mol. The molecule has 0 spiro atoms. The normalized spacial score (nSPS) is 15.4. The number of phenols is 1. The lowest BCUT2D eigenvalue weighted by Crippen LogP contribution is -2.35. The highest BCUT2D eigenvalue weighted by Crippen LogP contribution is 2.30. The molecule has 27 heavy (non-hydrogen) atoms. The van der Waals surface area contributed by atoms with Crippen molar-refractivity contribution in [2.75, 3.05) is 24.6 Å². The zero-order chi connectivity index (χ0) is 19.0. The van der Waals surface area contributed by atoms with E-state index in [1.54, 1.807) is 24.5 Å². The van der Waals surface area contributed by atoms with E-state index in [0.717, 1.165) is 25.9 Å². The lowest BCUT2D eigenvalue weighted by Gasteiger charge is -2.31. The molecule has 0 amide bonds. The summed E-state index contributed by atoms with van der Waals surface area (Å²) in [4.78, 5) is 22.7. The highest BCUT2D eigenvalue weighted by molar-refractivity contribution is 5.96. The minimum Gasteiger partial charge on any atom is -0.508 e. The Morgan fingerprint density at radius 2 is 1.85 bits per heavy atom. The van der Waals surface area contributed by atoms with Crippen molar-refractivity contribution in [2.45, 2.75) is 12.8 Å². The maximum atomic E-state index is 11.8. The number of piperidine rings is 1. The number of nitrogens with zero attached hydrogens (tertiary/aromatic N) is 4. The Labute approximate surface area is 155 Å². The zero-order valence-corrected chi connectivity index (χ0v) is 14.6. The van der Waals surface area contributed by atoms with Crippen LogP contribution in [-0.4, -0.2) is 55.6 Å². The van der Waals surface area contributed by atoms with Crippen LogP contribution >= 0.6 is 0 Å². The topological polar surface area (TPSA) is 112 Å². The van der Waals surface area contributed by atoms with E-state index in [1.165, 1.54) is 16.7 Å². The SMILES string of the molecule is O=C(O)n1c(-c2cnc(N3CCC(CO)CC3)nc2)cc2cc(O)ccc21. The Kier molecular flexibility index (Phi) is 4.41. The molecule has 1 aliphatic rings. The van der Waals surface area contributed by atoms with Crippen LogP contribution in [0.1, 0.15) is 12.8 Å². The van der Waals surface area contributed by atoms with Crippen LogP contribution in [0.15, 0.2) is 36.7 Å². The van der Waals surface area contributed by atoms with E-state index in [1.807, 2.05) is 0 Å². The lowest BCUT2D eigenvalue weighted by molar-refractivity contribution is 0.198. The number of hydrogen-bond donors (Lipinski definition) is 3. The summed E-state index contributed by atoms with van der Waals surface area (Å²) in [5.74, 6) is 1.02. The maximum absolute atomic E-state index is 11.8. The van der Waals surface area contributed by atoms with E-state index in [-0.39, 0.29) is 12.4 Å². The Hall–Kier alpha value is -3.13. The van der Waals surface area contributed by atoms with Crippen molar-refractivity contribution < 1.29 is 20.1 Å². The molecule has 0 unspecified atom stereocenters. The van der Waals surface area contributed by atoms with Crippen LogP contribution in [0.2, 0.25) is 0 Å².